The number of rotatable bonds is 2. The van der Waals surface area contributed by atoms with Gasteiger partial charge in [0.15, 0.2) is 0 Å². The molecule has 16 heavy (non-hydrogen) atoms. The molecule has 2 N–H and O–H groups in total. The zero-order valence-corrected chi connectivity index (χ0v) is 9.08. The molecule has 0 bridgehead atoms. The molecule has 1 atom stereocenters. The minimum absolute atomic E-state index is 0.0584. The van der Waals surface area contributed by atoms with Gasteiger partial charge in [0, 0.05) is 13.0 Å². The van der Waals surface area contributed by atoms with E-state index in [1.165, 1.54) is 0 Å². The largest absolute Gasteiger partial charge is 0.379 e. The van der Waals surface area contributed by atoms with Crippen LogP contribution in [0.25, 0.3) is 0 Å². The van der Waals surface area contributed by atoms with E-state index in [1.807, 2.05) is 25.1 Å². The van der Waals surface area contributed by atoms with Gasteiger partial charge in [-0.2, -0.15) is 5.26 Å². The third kappa shape index (κ3) is 2.14. The molecule has 1 saturated heterocycles. The summed E-state index contributed by atoms with van der Waals surface area (Å²) in [5, 5.41) is 15.0. The van der Waals surface area contributed by atoms with Crippen LogP contribution in [0, 0.1) is 18.3 Å². The van der Waals surface area contributed by atoms with E-state index < -0.39 is 0 Å². The van der Waals surface area contributed by atoms with Crippen molar-refractivity contribution >= 4 is 11.6 Å². The summed E-state index contributed by atoms with van der Waals surface area (Å²) in [6.07, 6.45) is 0.471. The van der Waals surface area contributed by atoms with Gasteiger partial charge >= 0.3 is 0 Å². The van der Waals surface area contributed by atoms with Crippen molar-refractivity contribution in [2.75, 3.05) is 11.9 Å². The standard InChI is InChI=1S/C12H13N3O/c1-8-2-3-11(9(4-8)6-13)15-10-5-12(16)14-7-10/h2-4,10,15H,5,7H2,1H3,(H,14,16). The van der Waals surface area contributed by atoms with Crippen LogP contribution in [0.4, 0.5) is 5.69 Å². The molecule has 2 rings (SSSR count). The Kier molecular flexibility index (Phi) is 2.78. The van der Waals surface area contributed by atoms with E-state index in [-0.39, 0.29) is 11.9 Å². The second kappa shape index (κ2) is 4.23. The third-order valence-electron chi connectivity index (χ3n) is 2.63. The summed E-state index contributed by atoms with van der Waals surface area (Å²) in [5.74, 6) is 0.0584. The van der Waals surface area contributed by atoms with Crippen molar-refractivity contribution in [3.63, 3.8) is 0 Å². The van der Waals surface area contributed by atoms with Gasteiger partial charge in [0.1, 0.15) is 6.07 Å². The Morgan fingerprint density at radius 1 is 1.56 bits per heavy atom. The average molecular weight is 215 g/mol. The minimum Gasteiger partial charge on any atom is -0.379 e. The Morgan fingerprint density at radius 2 is 2.38 bits per heavy atom. The molecule has 4 nitrogen and oxygen atoms in total. The lowest BCUT2D eigenvalue weighted by Crippen LogP contribution is -2.22. The lowest BCUT2D eigenvalue weighted by atomic mass is 10.1. The second-order valence-electron chi connectivity index (χ2n) is 4.01. The Morgan fingerprint density at radius 3 is 3.00 bits per heavy atom. The number of amides is 1. The summed E-state index contributed by atoms with van der Waals surface area (Å²) in [6, 6.07) is 7.92. The van der Waals surface area contributed by atoms with Crippen molar-refractivity contribution in [3.05, 3.63) is 29.3 Å². The van der Waals surface area contributed by atoms with E-state index in [9.17, 15) is 4.79 Å². The number of hydrogen-bond donors (Lipinski definition) is 2. The summed E-state index contributed by atoms with van der Waals surface area (Å²) in [4.78, 5) is 11.0. The van der Waals surface area contributed by atoms with Gasteiger partial charge in [-0.1, -0.05) is 6.07 Å². The van der Waals surface area contributed by atoms with Gasteiger partial charge in [-0.25, -0.2) is 0 Å². The highest BCUT2D eigenvalue weighted by Gasteiger charge is 2.21. The number of nitrogens with one attached hydrogen (secondary N) is 2. The first-order valence-corrected chi connectivity index (χ1v) is 5.23. The van der Waals surface area contributed by atoms with Crippen molar-refractivity contribution in [2.24, 2.45) is 0 Å². The van der Waals surface area contributed by atoms with E-state index in [2.05, 4.69) is 16.7 Å². The Hall–Kier alpha value is -2.02. The van der Waals surface area contributed by atoms with Gasteiger partial charge in [-0.05, 0) is 24.6 Å². The Balaban J connectivity index is 2.15. The highest BCUT2D eigenvalue weighted by atomic mass is 16.1. The van der Waals surface area contributed by atoms with Crippen molar-refractivity contribution in [1.29, 1.82) is 5.26 Å². The molecule has 82 valence electrons. The number of carbonyl (C=O) groups excluding carboxylic acids is 1. The van der Waals surface area contributed by atoms with Crippen LogP contribution < -0.4 is 10.6 Å². The highest BCUT2D eigenvalue weighted by Crippen LogP contribution is 2.18. The summed E-state index contributed by atoms with van der Waals surface area (Å²) >= 11 is 0. The topological polar surface area (TPSA) is 64.9 Å². The van der Waals surface area contributed by atoms with Gasteiger partial charge in [0.25, 0.3) is 0 Å². The van der Waals surface area contributed by atoms with E-state index in [1.54, 1.807) is 0 Å². The van der Waals surface area contributed by atoms with Crippen molar-refractivity contribution in [2.45, 2.75) is 19.4 Å². The SMILES string of the molecule is Cc1ccc(NC2CNC(=O)C2)c(C#N)c1. The molecule has 0 aliphatic carbocycles. The van der Waals surface area contributed by atoms with Crippen molar-refractivity contribution in [3.8, 4) is 6.07 Å². The third-order valence-corrected chi connectivity index (χ3v) is 2.63. The monoisotopic (exact) mass is 215 g/mol. The number of benzene rings is 1. The van der Waals surface area contributed by atoms with Gasteiger partial charge in [-0.3, -0.25) is 4.79 Å². The van der Waals surface area contributed by atoms with Crippen LogP contribution in [0.2, 0.25) is 0 Å². The first-order valence-electron chi connectivity index (χ1n) is 5.23. The molecule has 1 aromatic carbocycles. The normalized spacial score (nSPS) is 19.0. The van der Waals surface area contributed by atoms with Crippen LogP contribution in [0.5, 0.6) is 0 Å². The molecule has 4 heteroatoms. The van der Waals surface area contributed by atoms with Gasteiger partial charge in [-0.15, -0.1) is 0 Å². The Labute approximate surface area is 94.3 Å². The number of hydrogen-bond acceptors (Lipinski definition) is 3. The summed E-state index contributed by atoms with van der Waals surface area (Å²) in [6.45, 7) is 2.57. The van der Waals surface area contributed by atoms with Crippen LogP contribution in [-0.2, 0) is 4.79 Å². The maximum atomic E-state index is 11.0. The quantitative estimate of drug-likeness (QED) is 0.778. The molecule has 1 heterocycles. The number of aryl methyl sites for hydroxylation is 1. The van der Waals surface area contributed by atoms with E-state index in [0.29, 0.717) is 18.5 Å². The number of anilines is 1. The van der Waals surface area contributed by atoms with Crippen LogP contribution in [-0.4, -0.2) is 18.5 Å². The molecule has 1 aliphatic rings. The molecule has 1 aromatic rings. The molecule has 1 amide bonds. The minimum atomic E-state index is 0.0584. The molecule has 1 unspecified atom stereocenters. The maximum absolute atomic E-state index is 11.0. The van der Waals surface area contributed by atoms with E-state index >= 15 is 0 Å². The zero-order valence-electron chi connectivity index (χ0n) is 9.08. The fourth-order valence-corrected chi connectivity index (χ4v) is 1.80. The van der Waals surface area contributed by atoms with E-state index in [4.69, 9.17) is 5.26 Å². The first-order chi connectivity index (χ1) is 7.69. The molecule has 1 fully saturated rings. The highest BCUT2D eigenvalue weighted by molar-refractivity contribution is 5.80. The predicted octanol–water partition coefficient (Wildman–Crippen LogP) is 1.17. The second-order valence-corrected chi connectivity index (χ2v) is 4.01. The number of carbonyl (C=O) groups is 1. The molecule has 1 aliphatic heterocycles. The average Bonchev–Trinajstić information content (AvgIpc) is 2.67. The molecule has 0 saturated carbocycles. The predicted molar refractivity (Wildman–Crippen MR) is 60.9 cm³/mol. The van der Waals surface area contributed by atoms with Gasteiger partial charge < -0.3 is 10.6 Å². The van der Waals surface area contributed by atoms with E-state index in [0.717, 1.165) is 11.3 Å². The van der Waals surface area contributed by atoms with Crippen LogP contribution in [0.1, 0.15) is 17.5 Å². The lowest BCUT2D eigenvalue weighted by Gasteiger charge is -2.13. The van der Waals surface area contributed by atoms with Crippen LogP contribution >= 0.6 is 0 Å². The van der Waals surface area contributed by atoms with Crippen molar-refractivity contribution < 1.29 is 4.79 Å². The lowest BCUT2D eigenvalue weighted by molar-refractivity contribution is -0.119. The number of nitriles is 1. The molecule has 0 spiro atoms. The van der Waals surface area contributed by atoms with Gasteiger partial charge in [0.2, 0.25) is 5.91 Å². The number of nitrogens with zero attached hydrogens (tertiary/aromatic N) is 1. The summed E-state index contributed by atoms with van der Waals surface area (Å²) in [7, 11) is 0. The van der Waals surface area contributed by atoms with Crippen molar-refractivity contribution in [1.82, 2.24) is 5.32 Å². The Bertz CT molecular complexity index is 462. The first kappa shape index (κ1) is 10.5. The fraction of sp³-hybridized carbons (Fsp3) is 0.333. The molecule has 0 radical (unpaired) electrons. The molecular weight excluding hydrogens is 202 g/mol. The maximum Gasteiger partial charge on any atom is 0.222 e. The van der Waals surface area contributed by atoms with Crippen LogP contribution in [0.15, 0.2) is 18.2 Å². The molecular formula is C12H13N3O. The summed E-state index contributed by atoms with van der Waals surface area (Å²) in [5.41, 5.74) is 2.48. The molecule has 0 aromatic heterocycles. The smallest absolute Gasteiger partial charge is 0.222 e. The fourth-order valence-electron chi connectivity index (χ4n) is 1.80. The van der Waals surface area contributed by atoms with Gasteiger partial charge in [0.05, 0.1) is 17.3 Å². The van der Waals surface area contributed by atoms with Crippen LogP contribution in [0.3, 0.4) is 0 Å². The summed E-state index contributed by atoms with van der Waals surface area (Å²) < 4.78 is 0. The zero-order chi connectivity index (χ0) is 11.5.